The summed E-state index contributed by atoms with van der Waals surface area (Å²) in [4.78, 5) is 0. The van der Waals surface area contributed by atoms with Crippen LogP contribution in [0.3, 0.4) is 0 Å². The number of fused-ring (bicyclic) bond motifs is 1. The second-order valence-corrected chi connectivity index (χ2v) is 14.6. The maximum absolute atomic E-state index is 6.50. The van der Waals surface area contributed by atoms with Crippen molar-refractivity contribution >= 4 is 28.7 Å². The molecule has 0 N–H and O–H groups in total. The molecule has 0 heterocycles. The van der Waals surface area contributed by atoms with Crippen LogP contribution in [0.5, 0.6) is 0 Å². The number of hydrogen-bond acceptors (Lipinski definition) is 0. The van der Waals surface area contributed by atoms with E-state index in [4.69, 9.17) is 17.0 Å². The third-order valence-corrected chi connectivity index (χ3v) is 9.42. The molecule has 0 bridgehead atoms. The zero-order valence-corrected chi connectivity index (χ0v) is 16.3. The van der Waals surface area contributed by atoms with Gasteiger partial charge in [-0.1, -0.05) is 0 Å². The summed E-state index contributed by atoms with van der Waals surface area (Å²) in [6, 6.07) is 13.2. The zero-order valence-electron chi connectivity index (χ0n) is 12.4. The van der Waals surface area contributed by atoms with Crippen molar-refractivity contribution in [3.8, 4) is 0 Å². The molecule has 1 aliphatic rings. The van der Waals surface area contributed by atoms with Crippen LogP contribution in [0.4, 0.5) is 0 Å². The Hall–Kier alpha value is -0.357. The van der Waals surface area contributed by atoms with Gasteiger partial charge in [0, 0.05) is 0 Å². The van der Waals surface area contributed by atoms with Crippen molar-refractivity contribution in [3.63, 3.8) is 0 Å². The molecule has 3 heteroatoms. The van der Waals surface area contributed by atoms with Crippen LogP contribution >= 0.6 is 17.0 Å². The summed E-state index contributed by atoms with van der Waals surface area (Å²) in [5.41, 5.74) is 9.07. The molecule has 0 nitrogen and oxygen atoms in total. The minimum absolute atomic E-state index is 0.243. The monoisotopic (exact) mass is 393 g/mol. The molecule has 0 fully saturated rings. The van der Waals surface area contributed by atoms with Crippen LogP contribution < -0.4 is 0 Å². The molecule has 2 aromatic rings. The zero-order chi connectivity index (χ0) is 15.1. The fourth-order valence-electron chi connectivity index (χ4n) is 2.89. The van der Waals surface area contributed by atoms with Gasteiger partial charge in [0.05, 0.1) is 0 Å². The van der Waals surface area contributed by atoms with Gasteiger partial charge in [0.2, 0.25) is 0 Å². The number of benzene rings is 2. The maximum atomic E-state index is 6.50. The summed E-state index contributed by atoms with van der Waals surface area (Å²) in [7, 11) is 13.0. The average Bonchev–Trinajstić information content (AvgIpc) is 2.78. The van der Waals surface area contributed by atoms with Gasteiger partial charge >= 0.3 is 142 Å². The molecule has 1 atom stereocenters. The summed E-state index contributed by atoms with van der Waals surface area (Å²) < 4.78 is 0.243. The summed E-state index contributed by atoms with van der Waals surface area (Å²) in [6.45, 7) is 6.42. The minimum atomic E-state index is -2.45. The van der Waals surface area contributed by atoms with E-state index in [0.717, 1.165) is 0 Å². The first-order valence-corrected chi connectivity index (χ1v) is 14.8. The van der Waals surface area contributed by atoms with Crippen LogP contribution in [0.1, 0.15) is 37.0 Å². The van der Waals surface area contributed by atoms with Gasteiger partial charge in [0.25, 0.3) is 0 Å². The molecule has 0 amide bonds. The first-order chi connectivity index (χ1) is 9.97. The number of hydrogen-bond donors (Lipinski definition) is 0. The Balaban J connectivity index is 2.13. The van der Waals surface area contributed by atoms with Crippen LogP contribution in [-0.4, -0.2) is 0 Å². The Morgan fingerprint density at radius 1 is 0.905 bits per heavy atom. The standard InChI is InChI=1S/C18H17.2ClH.Zr/c1-12-4-6-15(7-5-12)18-10-16-8-13(2)14(3)9-17(16)11-18;;;/h4-11H,1-3H3;2*1H;/q;;;+2/p-2. The Labute approximate surface area is 141 Å². The van der Waals surface area contributed by atoms with Crippen molar-refractivity contribution in [1.82, 2.24) is 0 Å². The van der Waals surface area contributed by atoms with Gasteiger partial charge in [0.15, 0.2) is 0 Å². The van der Waals surface area contributed by atoms with Gasteiger partial charge in [-0.05, 0) is 0 Å². The summed E-state index contributed by atoms with van der Waals surface area (Å²) in [5.74, 6) is 0. The van der Waals surface area contributed by atoms with Crippen molar-refractivity contribution in [1.29, 1.82) is 0 Å². The summed E-state index contributed by atoms with van der Waals surface area (Å²) >= 11 is -2.45. The number of aryl methyl sites for hydroxylation is 3. The Kier molecular flexibility index (Phi) is 4.46. The number of halogens is 2. The normalized spacial score (nSPS) is 16.6. The van der Waals surface area contributed by atoms with Crippen molar-refractivity contribution in [2.24, 2.45) is 0 Å². The predicted molar refractivity (Wildman–Crippen MR) is 89.4 cm³/mol. The van der Waals surface area contributed by atoms with Crippen molar-refractivity contribution in [2.45, 2.75) is 24.4 Å². The molecule has 1 unspecified atom stereocenters. The first-order valence-electron chi connectivity index (χ1n) is 7.05. The summed E-state index contributed by atoms with van der Waals surface area (Å²) in [5, 5.41) is 0. The molecule has 1 aliphatic carbocycles. The molecule has 0 saturated heterocycles. The molecule has 0 aliphatic heterocycles. The van der Waals surface area contributed by atoms with E-state index in [9.17, 15) is 0 Å². The molecule has 0 saturated carbocycles. The molecular formula is C18H17Cl2Zr. The second-order valence-electron chi connectivity index (χ2n) is 5.75. The Bertz CT molecular complexity index is 715. The number of allylic oxidation sites excluding steroid dienone is 1. The third-order valence-electron chi connectivity index (χ3n) is 4.24. The van der Waals surface area contributed by atoms with E-state index in [2.05, 4.69) is 63.2 Å². The van der Waals surface area contributed by atoms with E-state index in [1.54, 1.807) is 0 Å². The third kappa shape index (κ3) is 2.94. The van der Waals surface area contributed by atoms with E-state index in [1.165, 1.54) is 39.0 Å². The van der Waals surface area contributed by atoms with Gasteiger partial charge in [-0.2, -0.15) is 0 Å². The van der Waals surface area contributed by atoms with Crippen molar-refractivity contribution < 1.29 is 19.4 Å². The second kappa shape index (κ2) is 6.03. The molecule has 0 spiro atoms. The van der Waals surface area contributed by atoms with Gasteiger partial charge < -0.3 is 0 Å². The van der Waals surface area contributed by atoms with E-state index in [0.29, 0.717) is 0 Å². The topological polar surface area (TPSA) is 0 Å². The molecule has 107 valence electrons. The van der Waals surface area contributed by atoms with Gasteiger partial charge in [0.1, 0.15) is 0 Å². The van der Waals surface area contributed by atoms with E-state index < -0.39 is 19.4 Å². The van der Waals surface area contributed by atoms with Crippen LogP contribution in [0.25, 0.3) is 11.6 Å². The molecule has 3 rings (SSSR count). The fourth-order valence-corrected chi connectivity index (χ4v) is 8.05. The van der Waals surface area contributed by atoms with E-state index >= 15 is 0 Å². The molecule has 0 aromatic heterocycles. The van der Waals surface area contributed by atoms with Crippen LogP contribution in [0, 0.1) is 20.8 Å². The van der Waals surface area contributed by atoms with Crippen LogP contribution in [0.15, 0.2) is 36.4 Å². The van der Waals surface area contributed by atoms with Crippen LogP contribution in [-0.2, 0) is 19.4 Å². The van der Waals surface area contributed by atoms with Gasteiger partial charge in [-0.3, -0.25) is 0 Å². The SMILES string of the molecule is Cc1ccc(C2=Cc3cc(C)c(C)cc3[CH]2[Zr]([Cl])[Cl])cc1. The Morgan fingerprint density at radius 2 is 1.52 bits per heavy atom. The molecule has 21 heavy (non-hydrogen) atoms. The fraction of sp³-hybridized carbons (Fsp3) is 0.222. The van der Waals surface area contributed by atoms with Crippen molar-refractivity contribution in [2.75, 3.05) is 0 Å². The predicted octanol–water partition coefficient (Wildman–Crippen LogP) is 6.13. The summed E-state index contributed by atoms with van der Waals surface area (Å²) in [6.07, 6.45) is 2.28. The molecular weight excluding hydrogens is 378 g/mol. The van der Waals surface area contributed by atoms with Gasteiger partial charge in [-0.25, -0.2) is 0 Å². The van der Waals surface area contributed by atoms with Crippen molar-refractivity contribution in [3.05, 3.63) is 69.8 Å². The average molecular weight is 395 g/mol. The number of rotatable bonds is 2. The van der Waals surface area contributed by atoms with Crippen LogP contribution in [0.2, 0.25) is 0 Å². The van der Waals surface area contributed by atoms with E-state index in [-0.39, 0.29) is 3.63 Å². The quantitative estimate of drug-likeness (QED) is 0.574. The Morgan fingerprint density at radius 3 is 2.14 bits per heavy atom. The molecule has 0 radical (unpaired) electrons. The molecule has 2 aromatic carbocycles. The first kappa shape index (κ1) is 15.5. The van der Waals surface area contributed by atoms with Gasteiger partial charge in [-0.15, -0.1) is 0 Å². The van der Waals surface area contributed by atoms with E-state index in [1.807, 2.05) is 0 Å².